The topological polar surface area (TPSA) is 0 Å². The van der Waals surface area contributed by atoms with Gasteiger partial charge in [-0.25, -0.2) is 4.39 Å². The number of alkyl halides is 2. The molecule has 0 bridgehead atoms. The summed E-state index contributed by atoms with van der Waals surface area (Å²) in [6.45, 7) is 2.04. The van der Waals surface area contributed by atoms with Crippen molar-refractivity contribution in [3.8, 4) is 0 Å². The van der Waals surface area contributed by atoms with E-state index in [1.54, 1.807) is 6.07 Å². The zero-order chi connectivity index (χ0) is 15.5. The van der Waals surface area contributed by atoms with Gasteiger partial charge in [-0.3, -0.25) is 0 Å². The number of hydrogen-bond acceptors (Lipinski definition) is 0. The summed E-state index contributed by atoms with van der Waals surface area (Å²) in [4.78, 5) is 0. The lowest BCUT2D eigenvalue weighted by atomic mass is 9.78. The first-order chi connectivity index (χ1) is 10.0. The number of benzene rings is 2. The van der Waals surface area contributed by atoms with E-state index in [0.29, 0.717) is 18.2 Å². The average Bonchev–Trinajstić information content (AvgIpc) is 2.49. The van der Waals surface area contributed by atoms with Gasteiger partial charge >= 0.3 is 0 Å². The van der Waals surface area contributed by atoms with Crippen LogP contribution in [0, 0.1) is 12.7 Å². The van der Waals surface area contributed by atoms with E-state index in [1.165, 1.54) is 17.7 Å². The van der Waals surface area contributed by atoms with Crippen molar-refractivity contribution in [3.63, 3.8) is 0 Å². The van der Waals surface area contributed by atoms with E-state index < -0.39 is 5.41 Å². The maximum absolute atomic E-state index is 13.5. The van der Waals surface area contributed by atoms with Gasteiger partial charge in [-0.1, -0.05) is 45.8 Å². The van der Waals surface area contributed by atoms with Gasteiger partial charge in [-0.05, 0) is 42.7 Å². The Morgan fingerprint density at radius 2 is 1.67 bits per heavy atom. The highest BCUT2D eigenvalue weighted by Gasteiger charge is 2.31. The molecule has 0 nitrogen and oxygen atoms in total. The van der Waals surface area contributed by atoms with Crippen molar-refractivity contribution >= 4 is 39.1 Å². The summed E-state index contributed by atoms with van der Waals surface area (Å²) in [5, 5.41) is 0. The Hall–Kier alpha value is -0.570. The van der Waals surface area contributed by atoms with Crippen molar-refractivity contribution in [2.45, 2.75) is 18.8 Å². The van der Waals surface area contributed by atoms with Crippen LogP contribution < -0.4 is 0 Å². The minimum atomic E-state index is -0.410. The van der Waals surface area contributed by atoms with Crippen LogP contribution in [0.3, 0.4) is 0 Å². The van der Waals surface area contributed by atoms with Gasteiger partial charge in [0.05, 0.1) is 0 Å². The van der Waals surface area contributed by atoms with Crippen LogP contribution in [-0.4, -0.2) is 11.8 Å². The van der Waals surface area contributed by atoms with E-state index in [9.17, 15) is 4.39 Å². The Balaban J connectivity index is 2.42. The normalized spacial score (nSPS) is 11.7. The molecule has 2 aromatic carbocycles. The zero-order valence-electron chi connectivity index (χ0n) is 11.7. The number of rotatable bonds is 5. The molecule has 2 rings (SSSR count). The summed E-state index contributed by atoms with van der Waals surface area (Å²) in [6, 6.07) is 12.9. The number of halogens is 4. The molecule has 0 atom stereocenters. The van der Waals surface area contributed by atoms with E-state index in [0.717, 1.165) is 15.6 Å². The minimum absolute atomic E-state index is 0.254. The third-order valence-electron chi connectivity index (χ3n) is 3.71. The molecule has 4 heteroatoms. The van der Waals surface area contributed by atoms with Gasteiger partial charge in [0, 0.05) is 21.6 Å². The Bertz CT molecular complexity index is 607. The number of hydrogen-bond donors (Lipinski definition) is 0. The molecule has 0 amide bonds. The van der Waals surface area contributed by atoms with Crippen LogP contribution in [-0.2, 0) is 11.8 Å². The van der Waals surface area contributed by atoms with Crippen LogP contribution in [0.1, 0.15) is 16.7 Å². The van der Waals surface area contributed by atoms with Crippen LogP contribution in [0.15, 0.2) is 46.9 Å². The van der Waals surface area contributed by atoms with E-state index in [1.807, 2.05) is 31.2 Å². The molecule has 0 aromatic heterocycles. The molecule has 112 valence electrons. The summed E-state index contributed by atoms with van der Waals surface area (Å²) in [6.07, 6.45) is 0.585. The van der Waals surface area contributed by atoms with Crippen LogP contribution in [0.2, 0.25) is 0 Å². The predicted octanol–water partition coefficient (Wildman–Crippen LogP) is 5.85. The molecule has 2 aromatic rings. The summed E-state index contributed by atoms with van der Waals surface area (Å²) >= 11 is 16.0. The third-order valence-corrected chi connectivity index (χ3v) is 5.51. The van der Waals surface area contributed by atoms with E-state index in [-0.39, 0.29) is 5.82 Å². The first-order valence-corrected chi connectivity index (χ1v) is 8.50. The second-order valence-corrected chi connectivity index (χ2v) is 6.71. The maximum Gasteiger partial charge on any atom is 0.123 e. The highest BCUT2D eigenvalue weighted by Crippen LogP contribution is 2.34. The van der Waals surface area contributed by atoms with Crippen LogP contribution in [0.5, 0.6) is 0 Å². The minimum Gasteiger partial charge on any atom is -0.207 e. The molecule has 0 aliphatic rings. The molecular weight excluding hydrogens is 374 g/mol. The SMILES string of the molecule is Cc1ccc(C(CCl)(CCl)Cc2cc(F)ccc2Br)cc1. The van der Waals surface area contributed by atoms with Crippen LogP contribution >= 0.6 is 39.1 Å². The van der Waals surface area contributed by atoms with Gasteiger partial charge < -0.3 is 0 Å². The van der Waals surface area contributed by atoms with Crippen molar-refractivity contribution in [2.75, 3.05) is 11.8 Å². The first-order valence-electron chi connectivity index (χ1n) is 6.64. The summed E-state index contributed by atoms with van der Waals surface area (Å²) < 4.78 is 14.4. The maximum atomic E-state index is 13.5. The van der Waals surface area contributed by atoms with Crippen LogP contribution in [0.4, 0.5) is 4.39 Å². The molecule has 0 aliphatic carbocycles. The van der Waals surface area contributed by atoms with Gasteiger partial charge in [-0.15, -0.1) is 23.2 Å². The largest absolute Gasteiger partial charge is 0.207 e. The van der Waals surface area contributed by atoms with Crippen LogP contribution in [0.25, 0.3) is 0 Å². The molecule has 0 spiro atoms. The fourth-order valence-corrected chi connectivity index (χ4v) is 3.51. The molecule has 0 heterocycles. The van der Waals surface area contributed by atoms with Gasteiger partial charge in [0.15, 0.2) is 0 Å². The molecule has 0 saturated heterocycles. The number of aryl methyl sites for hydroxylation is 1. The van der Waals surface area contributed by atoms with Gasteiger partial charge in [0.25, 0.3) is 0 Å². The standard InChI is InChI=1S/C17H16BrCl2F/c1-12-2-4-14(5-3-12)17(10-19,11-20)9-13-8-15(21)6-7-16(13)18/h2-8H,9-11H2,1H3. The first kappa shape index (κ1) is 16.8. The lowest BCUT2D eigenvalue weighted by Gasteiger charge is -2.31. The van der Waals surface area contributed by atoms with Gasteiger partial charge in [-0.2, -0.15) is 0 Å². The third kappa shape index (κ3) is 3.80. The Kier molecular flexibility index (Phi) is 5.70. The van der Waals surface area contributed by atoms with Crippen molar-refractivity contribution < 1.29 is 4.39 Å². The molecule has 21 heavy (non-hydrogen) atoms. The second-order valence-electron chi connectivity index (χ2n) is 5.33. The fourth-order valence-electron chi connectivity index (χ4n) is 2.34. The van der Waals surface area contributed by atoms with E-state index in [2.05, 4.69) is 15.9 Å². The molecule has 0 radical (unpaired) electrons. The molecule has 0 saturated carbocycles. The fraction of sp³-hybridized carbons (Fsp3) is 0.294. The molecule has 0 fully saturated rings. The van der Waals surface area contributed by atoms with Gasteiger partial charge in [0.1, 0.15) is 5.82 Å². The lowest BCUT2D eigenvalue weighted by Crippen LogP contribution is -2.33. The molecular formula is C17H16BrCl2F. The van der Waals surface area contributed by atoms with E-state index >= 15 is 0 Å². The second kappa shape index (κ2) is 7.13. The smallest absolute Gasteiger partial charge is 0.123 e. The molecule has 0 unspecified atom stereocenters. The Labute approximate surface area is 143 Å². The summed E-state index contributed by atoms with van der Waals surface area (Å²) in [7, 11) is 0. The van der Waals surface area contributed by atoms with Crippen molar-refractivity contribution in [2.24, 2.45) is 0 Å². The summed E-state index contributed by atoms with van der Waals surface area (Å²) in [5.41, 5.74) is 2.72. The lowest BCUT2D eigenvalue weighted by molar-refractivity contribution is 0.531. The monoisotopic (exact) mass is 388 g/mol. The van der Waals surface area contributed by atoms with Crippen molar-refractivity contribution in [1.29, 1.82) is 0 Å². The highest BCUT2D eigenvalue weighted by atomic mass is 79.9. The van der Waals surface area contributed by atoms with Crippen molar-refractivity contribution in [1.82, 2.24) is 0 Å². The Morgan fingerprint density at radius 1 is 1.05 bits per heavy atom. The molecule has 0 N–H and O–H groups in total. The quantitative estimate of drug-likeness (QED) is 0.562. The van der Waals surface area contributed by atoms with E-state index in [4.69, 9.17) is 23.2 Å². The van der Waals surface area contributed by atoms with Crippen molar-refractivity contribution in [3.05, 3.63) is 69.4 Å². The highest BCUT2D eigenvalue weighted by molar-refractivity contribution is 9.10. The van der Waals surface area contributed by atoms with Gasteiger partial charge in [0.2, 0.25) is 0 Å². The Morgan fingerprint density at radius 3 is 2.24 bits per heavy atom. The summed E-state index contributed by atoms with van der Waals surface area (Å²) in [5.74, 6) is 0.500. The molecule has 0 aliphatic heterocycles. The predicted molar refractivity (Wildman–Crippen MR) is 92.1 cm³/mol. The average molecular weight is 390 g/mol. The zero-order valence-corrected chi connectivity index (χ0v) is 14.8.